The van der Waals surface area contributed by atoms with Gasteiger partial charge in [-0.05, 0) is 12.8 Å². The van der Waals surface area contributed by atoms with Crippen LogP contribution in [0.1, 0.15) is 84.0 Å². The minimum absolute atomic E-state index is 0.322. The van der Waals surface area contributed by atoms with Gasteiger partial charge in [0, 0.05) is 12.3 Å². The van der Waals surface area contributed by atoms with Gasteiger partial charge >= 0.3 is 0 Å². The lowest BCUT2D eigenvalue weighted by Crippen LogP contribution is -2.10. The zero-order valence-corrected chi connectivity index (χ0v) is 11.0. The average molecular weight is 224 g/mol. The average Bonchev–Trinajstić information content (AvgIpc) is 2.29. The zero-order valence-electron chi connectivity index (χ0n) is 11.0. The van der Waals surface area contributed by atoms with Crippen molar-refractivity contribution < 1.29 is 4.79 Å². The molecule has 1 atom stereocenters. The third kappa shape index (κ3) is 6.30. The summed E-state index contributed by atoms with van der Waals surface area (Å²) in [4.78, 5) is 11.8. The van der Waals surface area contributed by atoms with Crippen molar-refractivity contribution in [3.05, 3.63) is 0 Å². The predicted molar refractivity (Wildman–Crippen MR) is 69.6 cm³/mol. The normalized spacial score (nSPS) is 27.3. The van der Waals surface area contributed by atoms with E-state index in [-0.39, 0.29) is 0 Å². The van der Waals surface area contributed by atoms with Crippen molar-refractivity contribution in [2.45, 2.75) is 84.0 Å². The fourth-order valence-corrected chi connectivity index (χ4v) is 2.57. The van der Waals surface area contributed by atoms with Gasteiger partial charge in [-0.2, -0.15) is 0 Å². The third-order valence-corrected chi connectivity index (χ3v) is 3.86. The molecule has 0 radical (unpaired) electrons. The molecule has 0 amide bonds. The van der Waals surface area contributed by atoms with Crippen molar-refractivity contribution in [1.29, 1.82) is 0 Å². The van der Waals surface area contributed by atoms with Gasteiger partial charge in [0.05, 0.1) is 0 Å². The fraction of sp³-hybridized carbons (Fsp3) is 0.933. The lowest BCUT2D eigenvalue weighted by Gasteiger charge is -2.11. The first kappa shape index (κ1) is 13.7. The molecule has 1 nitrogen and oxygen atoms in total. The quantitative estimate of drug-likeness (QED) is 0.572. The second-order valence-corrected chi connectivity index (χ2v) is 5.44. The van der Waals surface area contributed by atoms with Gasteiger partial charge in [0.15, 0.2) is 0 Å². The summed E-state index contributed by atoms with van der Waals surface area (Å²) in [5, 5.41) is 0. The molecule has 1 aliphatic carbocycles. The Morgan fingerprint density at radius 2 is 1.19 bits per heavy atom. The molecule has 16 heavy (non-hydrogen) atoms. The standard InChI is InChI=1S/C15H28O/c1-14-12-10-8-6-4-2-3-5-7-9-11-13-15(14)16/h14H,2-13H2,1H3. The van der Waals surface area contributed by atoms with Gasteiger partial charge in [-0.15, -0.1) is 0 Å². The summed E-state index contributed by atoms with van der Waals surface area (Å²) in [5.41, 5.74) is 0. The Hall–Kier alpha value is -0.330. The van der Waals surface area contributed by atoms with Gasteiger partial charge in [0.25, 0.3) is 0 Å². The van der Waals surface area contributed by atoms with Crippen LogP contribution in [-0.4, -0.2) is 5.78 Å². The van der Waals surface area contributed by atoms with E-state index in [1.54, 1.807) is 0 Å². The molecule has 1 unspecified atom stereocenters. The molecular weight excluding hydrogens is 196 g/mol. The number of Topliss-reactive ketones (excluding diaryl/α,β-unsaturated/α-hetero) is 1. The van der Waals surface area contributed by atoms with Gasteiger partial charge in [-0.1, -0.05) is 64.7 Å². The Bertz CT molecular complexity index is 186. The molecule has 1 rings (SSSR count). The van der Waals surface area contributed by atoms with Crippen LogP contribution in [0.4, 0.5) is 0 Å². The summed E-state index contributed by atoms with van der Waals surface area (Å²) in [7, 11) is 0. The minimum atomic E-state index is 0.322. The highest BCUT2D eigenvalue weighted by Crippen LogP contribution is 2.18. The maximum atomic E-state index is 11.8. The molecule has 1 aliphatic rings. The molecule has 0 aromatic rings. The van der Waals surface area contributed by atoms with Gasteiger partial charge in [-0.25, -0.2) is 0 Å². The fourth-order valence-electron chi connectivity index (χ4n) is 2.57. The SMILES string of the molecule is CC1CCCCCCCCCCCCC1=O. The summed E-state index contributed by atoms with van der Waals surface area (Å²) in [5.74, 6) is 0.833. The summed E-state index contributed by atoms with van der Waals surface area (Å²) in [6.07, 6.45) is 15.3. The van der Waals surface area contributed by atoms with Crippen LogP contribution in [0.15, 0.2) is 0 Å². The van der Waals surface area contributed by atoms with Gasteiger partial charge in [0.2, 0.25) is 0 Å². The first-order valence-corrected chi connectivity index (χ1v) is 7.33. The van der Waals surface area contributed by atoms with Crippen molar-refractivity contribution in [3.8, 4) is 0 Å². The summed E-state index contributed by atoms with van der Waals surface area (Å²) >= 11 is 0. The predicted octanol–water partition coefficient (Wildman–Crippen LogP) is 4.89. The molecule has 0 heterocycles. The number of rotatable bonds is 0. The van der Waals surface area contributed by atoms with Crippen molar-refractivity contribution in [3.63, 3.8) is 0 Å². The lowest BCUT2D eigenvalue weighted by atomic mass is 9.94. The van der Waals surface area contributed by atoms with Crippen LogP contribution in [0, 0.1) is 5.92 Å². The molecule has 1 heteroatoms. The largest absolute Gasteiger partial charge is 0.299 e. The first-order chi connectivity index (χ1) is 7.80. The van der Waals surface area contributed by atoms with E-state index >= 15 is 0 Å². The topological polar surface area (TPSA) is 17.1 Å². The van der Waals surface area contributed by atoms with E-state index in [0.29, 0.717) is 11.7 Å². The van der Waals surface area contributed by atoms with Crippen LogP contribution in [0.25, 0.3) is 0 Å². The van der Waals surface area contributed by atoms with Crippen LogP contribution in [-0.2, 0) is 4.79 Å². The molecule has 0 aromatic carbocycles. The summed E-state index contributed by atoms with van der Waals surface area (Å²) in [6.45, 7) is 2.12. The molecule has 0 aromatic heterocycles. The Morgan fingerprint density at radius 3 is 1.75 bits per heavy atom. The van der Waals surface area contributed by atoms with Crippen molar-refractivity contribution >= 4 is 5.78 Å². The molecule has 0 bridgehead atoms. The highest BCUT2D eigenvalue weighted by molar-refractivity contribution is 5.80. The second-order valence-electron chi connectivity index (χ2n) is 5.44. The summed E-state index contributed by atoms with van der Waals surface area (Å²) in [6, 6.07) is 0. The van der Waals surface area contributed by atoms with Crippen LogP contribution in [0.3, 0.4) is 0 Å². The van der Waals surface area contributed by atoms with E-state index in [1.807, 2.05) is 0 Å². The van der Waals surface area contributed by atoms with Gasteiger partial charge in [-0.3, -0.25) is 4.79 Å². The Morgan fingerprint density at radius 1 is 0.750 bits per heavy atom. The molecule has 1 saturated carbocycles. The Balaban J connectivity index is 2.24. The number of hydrogen-bond acceptors (Lipinski definition) is 1. The summed E-state index contributed by atoms with van der Waals surface area (Å²) < 4.78 is 0. The van der Waals surface area contributed by atoms with E-state index in [4.69, 9.17) is 0 Å². The third-order valence-electron chi connectivity index (χ3n) is 3.86. The van der Waals surface area contributed by atoms with Crippen LogP contribution >= 0.6 is 0 Å². The maximum absolute atomic E-state index is 11.8. The highest BCUT2D eigenvalue weighted by Gasteiger charge is 2.11. The van der Waals surface area contributed by atoms with Crippen molar-refractivity contribution in [1.82, 2.24) is 0 Å². The number of hydrogen-bond donors (Lipinski definition) is 0. The lowest BCUT2D eigenvalue weighted by molar-refractivity contribution is -0.122. The van der Waals surface area contributed by atoms with E-state index < -0.39 is 0 Å². The molecular formula is C15H28O. The smallest absolute Gasteiger partial charge is 0.135 e. The minimum Gasteiger partial charge on any atom is -0.299 e. The molecule has 94 valence electrons. The highest BCUT2D eigenvalue weighted by atomic mass is 16.1. The van der Waals surface area contributed by atoms with Crippen LogP contribution in [0.2, 0.25) is 0 Å². The molecule has 0 N–H and O–H groups in total. The number of carbonyl (C=O) groups excluding carboxylic acids is 1. The van der Waals surface area contributed by atoms with Gasteiger partial charge in [0.1, 0.15) is 5.78 Å². The number of ketones is 1. The van der Waals surface area contributed by atoms with Crippen molar-refractivity contribution in [2.75, 3.05) is 0 Å². The molecule has 0 spiro atoms. The van der Waals surface area contributed by atoms with E-state index in [9.17, 15) is 4.79 Å². The molecule has 0 saturated heterocycles. The Labute approximate surface area is 101 Å². The number of carbonyl (C=O) groups is 1. The van der Waals surface area contributed by atoms with Gasteiger partial charge < -0.3 is 0 Å². The van der Waals surface area contributed by atoms with Crippen molar-refractivity contribution in [2.24, 2.45) is 5.92 Å². The first-order valence-electron chi connectivity index (χ1n) is 7.33. The molecule has 1 fully saturated rings. The van der Waals surface area contributed by atoms with E-state index in [2.05, 4.69) is 6.92 Å². The second kappa shape index (κ2) is 8.78. The Kier molecular flexibility index (Phi) is 7.54. The van der Waals surface area contributed by atoms with E-state index in [0.717, 1.165) is 19.3 Å². The molecule has 0 aliphatic heterocycles. The van der Waals surface area contributed by atoms with Crippen LogP contribution < -0.4 is 0 Å². The van der Waals surface area contributed by atoms with E-state index in [1.165, 1.54) is 57.8 Å². The monoisotopic (exact) mass is 224 g/mol. The maximum Gasteiger partial charge on any atom is 0.135 e. The van der Waals surface area contributed by atoms with Crippen LogP contribution in [0.5, 0.6) is 0 Å². The zero-order chi connectivity index (χ0) is 11.6.